The molecule has 7 heteroatoms. The number of anilines is 1. The van der Waals surface area contributed by atoms with E-state index in [0.717, 1.165) is 5.69 Å². The molecule has 2 rings (SSSR count). The van der Waals surface area contributed by atoms with Crippen molar-refractivity contribution in [1.82, 2.24) is 9.97 Å². The summed E-state index contributed by atoms with van der Waals surface area (Å²) in [5, 5.41) is 8.94. The molecule has 1 unspecified atom stereocenters. The number of ether oxygens (including phenoxy) is 2. The van der Waals surface area contributed by atoms with Gasteiger partial charge < -0.3 is 19.5 Å². The Balaban J connectivity index is 2.20. The van der Waals surface area contributed by atoms with Crippen LogP contribution >= 0.6 is 0 Å². The van der Waals surface area contributed by atoms with Gasteiger partial charge in [0.1, 0.15) is 0 Å². The summed E-state index contributed by atoms with van der Waals surface area (Å²) in [6, 6.07) is 1.72. The SMILES string of the molecule is COc1cc(C)nc(N2CCOC(C(=O)O)C2)n1. The van der Waals surface area contributed by atoms with E-state index >= 15 is 0 Å². The van der Waals surface area contributed by atoms with Crippen molar-refractivity contribution in [2.24, 2.45) is 0 Å². The molecule has 0 spiro atoms. The molecular weight excluding hydrogens is 238 g/mol. The van der Waals surface area contributed by atoms with Gasteiger partial charge in [-0.05, 0) is 6.92 Å². The maximum atomic E-state index is 10.9. The Morgan fingerprint density at radius 1 is 1.61 bits per heavy atom. The first kappa shape index (κ1) is 12.6. The highest BCUT2D eigenvalue weighted by molar-refractivity contribution is 5.73. The molecule has 0 bridgehead atoms. The molecule has 0 saturated carbocycles. The Morgan fingerprint density at radius 2 is 2.39 bits per heavy atom. The van der Waals surface area contributed by atoms with E-state index in [1.54, 1.807) is 11.0 Å². The predicted molar refractivity (Wildman–Crippen MR) is 62.9 cm³/mol. The average Bonchev–Trinajstić information content (AvgIpc) is 2.38. The van der Waals surface area contributed by atoms with Crippen LogP contribution in [0, 0.1) is 6.92 Å². The van der Waals surface area contributed by atoms with Crippen LogP contribution in [0.15, 0.2) is 6.07 Å². The summed E-state index contributed by atoms with van der Waals surface area (Å²) in [7, 11) is 1.53. The Labute approximate surface area is 104 Å². The van der Waals surface area contributed by atoms with Crippen LogP contribution in [0.2, 0.25) is 0 Å². The average molecular weight is 253 g/mol. The quantitative estimate of drug-likeness (QED) is 0.816. The molecule has 1 aromatic rings. The van der Waals surface area contributed by atoms with E-state index in [9.17, 15) is 4.79 Å². The number of morpholine rings is 1. The standard InChI is InChI=1S/C11H15N3O4/c1-7-5-9(17-2)13-11(12-7)14-3-4-18-8(6-14)10(15)16/h5,8H,3-4,6H2,1-2H3,(H,15,16). The molecule has 1 saturated heterocycles. The van der Waals surface area contributed by atoms with E-state index in [2.05, 4.69) is 9.97 Å². The second-order valence-corrected chi connectivity index (χ2v) is 4.00. The molecule has 0 aromatic carbocycles. The van der Waals surface area contributed by atoms with Crippen molar-refractivity contribution in [3.63, 3.8) is 0 Å². The Hall–Kier alpha value is -1.89. The number of nitrogens with zero attached hydrogens (tertiary/aromatic N) is 3. The van der Waals surface area contributed by atoms with Crippen LogP contribution in [0.25, 0.3) is 0 Å². The normalized spacial score (nSPS) is 19.7. The maximum absolute atomic E-state index is 10.9. The summed E-state index contributed by atoms with van der Waals surface area (Å²) in [4.78, 5) is 21.2. The van der Waals surface area contributed by atoms with Gasteiger partial charge in [0.15, 0.2) is 6.10 Å². The van der Waals surface area contributed by atoms with Crippen LogP contribution in [-0.4, -0.2) is 54.0 Å². The summed E-state index contributed by atoms with van der Waals surface area (Å²) in [5.41, 5.74) is 0.773. The van der Waals surface area contributed by atoms with E-state index in [1.165, 1.54) is 7.11 Å². The van der Waals surface area contributed by atoms with E-state index < -0.39 is 12.1 Å². The van der Waals surface area contributed by atoms with Gasteiger partial charge in [0.25, 0.3) is 0 Å². The van der Waals surface area contributed by atoms with Crippen LogP contribution in [0.5, 0.6) is 5.88 Å². The van der Waals surface area contributed by atoms with Crippen molar-refractivity contribution in [3.8, 4) is 5.88 Å². The molecule has 2 heterocycles. The van der Waals surface area contributed by atoms with Crippen molar-refractivity contribution in [1.29, 1.82) is 0 Å². The number of aryl methyl sites for hydroxylation is 1. The van der Waals surface area contributed by atoms with Crippen LogP contribution in [0.4, 0.5) is 5.95 Å². The van der Waals surface area contributed by atoms with E-state index in [4.69, 9.17) is 14.6 Å². The molecule has 0 aliphatic carbocycles. The largest absolute Gasteiger partial charge is 0.481 e. The summed E-state index contributed by atoms with van der Waals surface area (Å²) in [6.45, 7) is 2.98. The zero-order valence-electron chi connectivity index (χ0n) is 10.3. The maximum Gasteiger partial charge on any atom is 0.334 e. The first-order valence-corrected chi connectivity index (χ1v) is 5.59. The highest BCUT2D eigenvalue weighted by Gasteiger charge is 2.27. The third-order valence-corrected chi connectivity index (χ3v) is 2.65. The lowest BCUT2D eigenvalue weighted by atomic mass is 10.3. The van der Waals surface area contributed by atoms with Crippen LogP contribution < -0.4 is 9.64 Å². The Bertz CT molecular complexity index is 452. The molecule has 7 nitrogen and oxygen atoms in total. The fourth-order valence-electron chi connectivity index (χ4n) is 1.75. The highest BCUT2D eigenvalue weighted by Crippen LogP contribution is 2.17. The van der Waals surface area contributed by atoms with Crippen molar-refractivity contribution in [3.05, 3.63) is 11.8 Å². The molecule has 1 fully saturated rings. The summed E-state index contributed by atoms with van der Waals surface area (Å²) in [5.74, 6) is -0.0309. The molecule has 1 N–H and O–H groups in total. The lowest BCUT2D eigenvalue weighted by Crippen LogP contribution is -2.46. The molecule has 0 amide bonds. The van der Waals surface area contributed by atoms with Gasteiger partial charge in [0.2, 0.25) is 11.8 Å². The third-order valence-electron chi connectivity index (χ3n) is 2.65. The Kier molecular flexibility index (Phi) is 3.61. The third kappa shape index (κ3) is 2.67. The predicted octanol–water partition coefficient (Wildman–Crippen LogP) is 0.0834. The van der Waals surface area contributed by atoms with E-state index in [0.29, 0.717) is 25.0 Å². The fraction of sp³-hybridized carbons (Fsp3) is 0.545. The monoisotopic (exact) mass is 253 g/mol. The van der Waals surface area contributed by atoms with Crippen molar-refractivity contribution < 1.29 is 19.4 Å². The fourth-order valence-corrected chi connectivity index (χ4v) is 1.75. The molecule has 1 aliphatic rings. The molecule has 18 heavy (non-hydrogen) atoms. The molecule has 98 valence electrons. The van der Waals surface area contributed by atoms with Gasteiger partial charge in [-0.2, -0.15) is 4.98 Å². The second kappa shape index (κ2) is 5.18. The zero-order chi connectivity index (χ0) is 13.1. The molecule has 1 atom stereocenters. The number of carboxylic acids is 1. The summed E-state index contributed by atoms with van der Waals surface area (Å²) >= 11 is 0. The molecule has 0 radical (unpaired) electrons. The van der Waals surface area contributed by atoms with Crippen molar-refractivity contribution in [2.75, 3.05) is 31.7 Å². The first-order chi connectivity index (χ1) is 8.60. The highest BCUT2D eigenvalue weighted by atomic mass is 16.5. The van der Waals surface area contributed by atoms with Gasteiger partial charge in [0, 0.05) is 18.3 Å². The molecule has 1 aliphatic heterocycles. The minimum absolute atomic E-state index is 0.238. The molecule has 1 aromatic heterocycles. The van der Waals surface area contributed by atoms with Crippen LogP contribution in [0.3, 0.4) is 0 Å². The van der Waals surface area contributed by atoms with Gasteiger partial charge >= 0.3 is 5.97 Å². The van der Waals surface area contributed by atoms with E-state index in [1.807, 2.05) is 6.92 Å². The first-order valence-electron chi connectivity index (χ1n) is 5.59. The minimum atomic E-state index is -0.973. The number of rotatable bonds is 3. The number of hydrogen-bond donors (Lipinski definition) is 1. The lowest BCUT2D eigenvalue weighted by Gasteiger charge is -2.30. The zero-order valence-corrected chi connectivity index (χ0v) is 10.3. The Morgan fingerprint density at radius 3 is 3.06 bits per heavy atom. The minimum Gasteiger partial charge on any atom is -0.481 e. The second-order valence-electron chi connectivity index (χ2n) is 4.00. The van der Waals surface area contributed by atoms with Gasteiger partial charge in [0.05, 0.1) is 20.3 Å². The van der Waals surface area contributed by atoms with Crippen molar-refractivity contribution in [2.45, 2.75) is 13.0 Å². The van der Waals surface area contributed by atoms with Gasteiger partial charge in [-0.15, -0.1) is 0 Å². The number of aromatic nitrogens is 2. The number of methoxy groups -OCH3 is 1. The number of carbonyl (C=O) groups is 1. The van der Waals surface area contributed by atoms with Crippen LogP contribution in [0.1, 0.15) is 5.69 Å². The summed E-state index contributed by atoms with van der Waals surface area (Å²) in [6.07, 6.45) is -0.839. The lowest BCUT2D eigenvalue weighted by molar-refractivity contribution is -0.150. The van der Waals surface area contributed by atoms with Crippen LogP contribution in [-0.2, 0) is 9.53 Å². The van der Waals surface area contributed by atoms with Gasteiger partial charge in [-0.1, -0.05) is 0 Å². The molecular formula is C11H15N3O4. The summed E-state index contributed by atoms with van der Waals surface area (Å²) < 4.78 is 10.2. The number of aliphatic carboxylic acids is 1. The number of hydrogen-bond acceptors (Lipinski definition) is 6. The van der Waals surface area contributed by atoms with Crippen molar-refractivity contribution >= 4 is 11.9 Å². The topological polar surface area (TPSA) is 84.8 Å². The van der Waals surface area contributed by atoms with E-state index in [-0.39, 0.29) is 6.54 Å². The smallest absolute Gasteiger partial charge is 0.334 e. The van der Waals surface area contributed by atoms with Gasteiger partial charge in [-0.3, -0.25) is 0 Å². The number of carboxylic acid groups (broad SMARTS) is 1. The van der Waals surface area contributed by atoms with Gasteiger partial charge in [-0.25, -0.2) is 9.78 Å².